The lowest BCUT2D eigenvalue weighted by molar-refractivity contribution is -0.255. The van der Waals surface area contributed by atoms with Crippen LogP contribution in [-0.2, 0) is 16.1 Å². The van der Waals surface area contributed by atoms with Crippen molar-refractivity contribution in [1.29, 1.82) is 5.26 Å². The summed E-state index contributed by atoms with van der Waals surface area (Å²) in [5.41, 5.74) is 3.96. The Morgan fingerprint density at radius 3 is 2.40 bits per heavy atom. The van der Waals surface area contributed by atoms with E-state index in [0.29, 0.717) is 53.3 Å². The normalized spacial score (nSPS) is 23.9. The standard InChI is InChI=1S/C46H52FN3O7/c1-4-24-55-36-20-21-41-39(27-36)43-37(11-7-9-23-52)34(10-6-8-22-51)26-38-40(49-54-3)28-42(46(57-41,44(38)43)56-25-5-2)50(30-32-14-18-35(47)19-15-32)45(53)33-16-12-31(29-48)13-17-33/h4-5,12-21,26-27,34,37,42-44,51-52H,1-2,6-11,22-25,28,30H2,3H3/t34-,37+,42-,43+,44+,46+/m0/s1. The van der Waals surface area contributed by atoms with Crippen LogP contribution in [0, 0.1) is 34.9 Å². The first-order chi connectivity index (χ1) is 27.8. The smallest absolute Gasteiger partial charge is 0.254 e. The van der Waals surface area contributed by atoms with Gasteiger partial charge in [0.05, 0.1) is 29.9 Å². The summed E-state index contributed by atoms with van der Waals surface area (Å²) in [6.07, 6.45) is 10.3. The van der Waals surface area contributed by atoms with E-state index in [1.165, 1.54) is 19.2 Å². The molecule has 3 aliphatic rings. The highest BCUT2D eigenvalue weighted by atomic mass is 19.1. The zero-order valence-corrected chi connectivity index (χ0v) is 32.5. The molecule has 1 aliphatic heterocycles. The van der Waals surface area contributed by atoms with E-state index in [-0.39, 0.29) is 56.4 Å². The molecule has 0 unspecified atom stereocenters. The lowest BCUT2D eigenvalue weighted by atomic mass is 9.55. The van der Waals surface area contributed by atoms with E-state index in [1.54, 1.807) is 53.5 Å². The number of oxime groups is 1. The topological polar surface area (TPSA) is 134 Å². The highest BCUT2D eigenvalue weighted by molar-refractivity contribution is 6.03. The minimum Gasteiger partial charge on any atom is -0.490 e. The molecule has 6 rings (SSSR count). The Bertz CT molecular complexity index is 1970. The third kappa shape index (κ3) is 8.84. The van der Waals surface area contributed by atoms with Gasteiger partial charge in [0.2, 0.25) is 5.79 Å². The van der Waals surface area contributed by atoms with E-state index < -0.39 is 23.6 Å². The fraction of sp³-hybridized carbons (Fsp3) is 0.413. The van der Waals surface area contributed by atoms with Crippen molar-refractivity contribution in [3.63, 3.8) is 0 Å². The average Bonchev–Trinajstić information content (AvgIpc) is 3.23. The maximum absolute atomic E-state index is 15.0. The Morgan fingerprint density at radius 1 is 1.02 bits per heavy atom. The molecule has 2 N–H and O–H groups in total. The zero-order chi connectivity index (χ0) is 40.4. The number of hydrogen-bond donors (Lipinski definition) is 2. The minimum atomic E-state index is -1.48. The van der Waals surface area contributed by atoms with Crippen LogP contribution in [0.5, 0.6) is 11.5 Å². The maximum atomic E-state index is 15.0. The number of allylic oxidation sites excluding steroid dienone is 1. The van der Waals surface area contributed by atoms with Crippen molar-refractivity contribution in [2.24, 2.45) is 22.9 Å². The first-order valence-corrected chi connectivity index (χ1v) is 19.7. The van der Waals surface area contributed by atoms with Crippen LogP contribution in [0.15, 0.2) is 109 Å². The summed E-state index contributed by atoms with van der Waals surface area (Å²) in [4.78, 5) is 22.3. The minimum absolute atomic E-state index is 0.0373. The maximum Gasteiger partial charge on any atom is 0.254 e. The number of carbonyl (C=O) groups excluding carboxylic acids is 1. The van der Waals surface area contributed by atoms with Crippen molar-refractivity contribution in [2.75, 3.05) is 33.5 Å². The average molecular weight is 778 g/mol. The summed E-state index contributed by atoms with van der Waals surface area (Å²) in [7, 11) is 1.50. The van der Waals surface area contributed by atoms with Gasteiger partial charge < -0.3 is 34.2 Å². The van der Waals surface area contributed by atoms with Crippen molar-refractivity contribution >= 4 is 11.6 Å². The quantitative estimate of drug-likeness (QED) is 0.0714. The molecule has 6 atom stereocenters. The Labute approximate surface area is 334 Å². The van der Waals surface area contributed by atoms with Gasteiger partial charge in [-0.25, -0.2) is 4.39 Å². The van der Waals surface area contributed by atoms with E-state index in [4.69, 9.17) is 19.0 Å². The van der Waals surface area contributed by atoms with Crippen molar-refractivity contribution in [3.05, 3.63) is 132 Å². The molecule has 2 aliphatic carbocycles. The second-order valence-electron chi connectivity index (χ2n) is 14.8. The summed E-state index contributed by atoms with van der Waals surface area (Å²) in [5, 5.41) is 33.8. The predicted octanol–water partition coefficient (Wildman–Crippen LogP) is 7.87. The van der Waals surface area contributed by atoms with E-state index in [2.05, 4.69) is 30.5 Å². The van der Waals surface area contributed by atoms with Gasteiger partial charge in [-0.1, -0.05) is 54.9 Å². The Balaban J connectivity index is 1.61. The molecule has 1 amide bonds. The number of halogens is 1. The number of ether oxygens (including phenoxy) is 3. The van der Waals surface area contributed by atoms with Crippen LogP contribution >= 0.6 is 0 Å². The van der Waals surface area contributed by atoms with Crippen LogP contribution in [0.1, 0.15) is 77.9 Å². The highest BCUT2D eigenvalue weighted by Crippen LogP contribution is 2.62. The fourth-order valence-electron chi connectivity index (χ4n) is 8.97. The van der Waals surface area contributed by atoms with E-state index >= 15 is 4.79 Å². The largest absolute Gasteiger partial charge is 0.490 e. The molecule has 0 radical (unpaired) electrons. The van der Waals surface area contributed by atoms with E-state index in [9.17, 15) is 19.9 Å². The van der Waals surface area contributed by atoms with Crippen molar-refractivity contribution in [2.45, 2.75) is 69.2 Å². The molecule has 1 fully saturated rings. The number of rotatable bonds is 19. The molecule has 3 aromatic rings. The van der Waals surface area contributed by atoms with Gasteiger partial charge in [-0.2, -0.15) is 5.26 Å². The fourth-order valence-corrected chi connectivity index (χ4v) is 8.97. The number of aliphatic hydroxyl groups is 2. The van der Waals surface area contributed by atoms with Gasteiger partial charge in [-0.3, -0.25) is 4.79 Å². The second kappa shape index (κ2) is 19.2. The molecule has 0 spiro atoms. The Morgan fingerprint density at radius 2 is 1.74 bits per heavy atom. The Hall–Kier alpha value is -5.28. The van der Waals surface area contributed by atoms with E-state index in [1.807, 2.05) is 18.2 Å². The predicted molar refractivity (Wildman–Crippen MR) is 215 cm³/mol. The lowest BCUT2D eigenvalue weighted by Crippen LogP contribution is -2.70. The van der Waals surface area contributed by atoms with Crippen LogP contribution in [0.2, 0.25) is 0 Å². The second-order valence-corrected chi connectivity index (χ2v) is 14.8. The van der Waals surface area contributed by atoms with Crippen LogP contribution in [-0.4, -0.2) is 72.1 Å². The van der Waals surface area contributed by atoms with Crippen LogP contribution in [0.3, 0.4) is 0 Å². The monoisotopic (exact) mass is 777 g/mol. The van der Waals surface area contributed by atoms with Gasteiger partial charge in [-0.05, 0) is 103 Å². The van der Waals surface area contributed by atoms with Crippen LogP contribution in [0.25, 0.3) is 0 Å². The van der Waals surface area contributed by atoms with Gasteiger partial charge in [0.25, 0.3) is 5.91 Å². The van der Waals surface area contributed by atoms with Gasteiger partial charge in [0, 0.05) is 43.2 Å². The summed E-state index contributed by atoms with van der Waals surface area (Å²) in [6.45, 7) is 8.48. The molecular formula is C46H52FN3O7. The summed E-state index contributed by atoms with van der Waals surface area (Å²) < 4.78 is 34.6. The molecular weight excluding hydrogens is 726 g/mol. The number of carbonyl (C=O) groups is 1. The molecule has 300 valence electrons. The molecule has 3 aromatic carbocycles. The molecule has 0 bridgehead atoms. The van der Waals surface area contributed by atoms with Crippen molar-refractivity contribution in [1.82, 2.24) is 4.90 Å². The lowest BCUT2D eigenvalue weighted by Gasteiger charge is -2.60. The summed E-state index contributed by atoms with van der Waals surface area (Å²) in [6, 6.07) is 19.6. The number of hydrogen-bond acceptors (Lipinski definition) is 9. The first kappa shape index (κ1) is 41.4. The molecule has 57 heavy (non-hydrogen) atoms. The molecule has 1 saturated carbocycles. The van der Waals surface area contributed by atoms with E-state index in [0.717, 1.165) is 36.8 Å². The molecule has 10 nitrogen and oxygen atoms in total. The van der Waals surface area contributed by atoms with Gasteiger partial charge >= 0.3 is 0 Å². The number of aliphatic hydroxyl groups excluding tert-OH is 2. The molecule has 0 aromatic heterocycles. The SMILES string of the molecule is C=CCOc1ccc2c(c1)[C@H]1[C@H](CCCCO)[C@@H](CCCCO)C=C3C(=NOC)C[C@H](N(Cc4ccc(F)cc4)C(=O)c4ccc(C#N)cc4)[C@@](OCC=C)(O2)[C@H]31. The van der Waals surface area contributed by atoms with Crippen molar-refractivity contribution < 1.29 is 38.4 Å². The third-order valence-electron chi connectivity index (χ3n) is 11.4. The molecule has 1 heterocycles. The van der Waals surface area contributed by atoms with Gasteiger partial charge in [0.1, 0.15) is 37.1 Å². The number of nitriles is 1. The number of amides is 1. The van der Waals surface area contributed by atoms with Gasteiger partial charge in [0.15, 0.2) is 0 Å². The number of benzene rings is 3. The third-order valence-corrected chi connectivity index (χ3v) is 11.4. The molecule has 11 heteroatoms. The highest BCUT2D eigenvalue weighted by Gasteiger charge is 2.65. The van der Waals surface area contributed by atoms with Crippen LogP contribution in [0.4, 0.5) is 4.39 Å². The first-order valence-electron chi connectivity index (χ1n) is 19.7. The molecule has 0 saturated heterocycles. The number of fused-ring (bicyclic) bond motifs is 2. The number of nitrogens with zero attached hydrogens (tertiary/aromatic N) is 3. The Kier molecular flexibility index (Phi) is 14.0. The zero-order valence-electron chi connectivity index (χ0n) is 32.5. The number of unbranched alkanes of at least 4 members (excludes halogenated alkanes) is 2. The summed E-state index contributed by atoms with van der Waals surface area (Å²) in [5.74, 6) is -1.60. The summed E-state index contributed by atoms with van der Waals surface area (Å²) >= 11 is 0. The van der Waals surface area contributed by atoms with Gasteiger partial charge in [-0.15, -0.1) is 6.58 Å². The van der Waals surface area contributed by atoms with Crippen molar-refractivity contribution in [3.8, 4) is 17.6 Å². The van der Waals surface area contributed by atoms with Crippen LogP contribution < -0.4 is 9.47 Å².